The predicted octanol–water partition coefficient (Wildman–Crippen LogP) is 0.782. The van der Waals surface area contributed by atoms with Crippen molar-refractivity contribution in [3.8, 4) is 0 Å². The monoisotopic (exact) mass is 196 g/mol. The van der Waals surface area contributed by atoms with Crippen LogP contribution >= 0.6 is 0 Å². The highest BCUT2D eigenvalue weighted by atomic mass is 16.2. The minimum Gasteiger partial charge on any atom is -0.380 e. The Morgan fingerprint density at radius 1 is 1.07 bits per heavy atom. The molecule has 0 aromatic heterocycles. The van der Waals surface area contributed by atoms with Crippen LogP contribution in [0.15, 0.2) is 9.59 Å². The Balaban J connectivity index is 2.72. The molecule has 78 valence electrons. The Morgan fingerprint density at radius 2 is 1.57 bits per heavy atom. The van der Waals surface area contributed by atoms with Crippen molar-refractivity contribution in [2.45, 2.75) is 20.8 Å². The lowest BCUT2D eigenvalue weighted by Crippen LogP contribution is -2.38. The molecule has 4 heteroatoms. The molecular weight excluding hydrogens is 180 g/mol. The second-order valence-electron chi connectivity index (χ2n) is 3.71. The van der Waals surface area contributed by atoms with E-state index in [1.54, 1.807) is 0 Å². The van der Waals surface area contributed by atoms with Gasteiger partial charge in [-0.15, -0.1) is 0 Å². The molecule has 0 aliphatic rings. The lowest BCUT2D eigenvalue weighted by molar-refractivity contribution is 0.688. The molecule has 0 aliphatic heterocycles. The fourth-order valence-corrected chi connectivity index (χ4v) is 1.21. The zero-order valence-electron chi connectivity index (χ0n) is 8.81. The van der Waals surface area contributed by atoms with Crippen LogP contribution in [0.25, 0.3) is 0 Å². The van der Waals surface area contributed by atoms with Crippen LogP contribution in [0.3, 0.4) is 0 Å². The molecule has 0 spiro atoms. The first-order chi connectivity index (χ1) is 6.57. The quantitative estimate of drug-likeness (QED) is 0.683. The van der Waals surface area contributed by atoms with Gasteiger partial charge in [0.1, 0.15) is 11.4 Å². The van der Waals surface area contributed by atoms with E-state index < -0.39 is 10.9 Å². The number of hydrogen-bond acceptors (Lipinski definition) is 4. The van der Waals surface area contributed by atoms with Crippen molar-refractivity contribution in [2.75, 3.05) is 23.7 Å². The standard InChI is InChI=1S/C10H16N2O2/c1-4-11-7-8(10(14)9(7)13)12-5-6(2)3/h6,11-12H,4-5H2,1-3H3. The summed E-state index contributed by atoms with van der Waals surface area (Å²) in [6, 6.07) is 0. The van der Waals surface area contributed by atoms with E-state index in [1.165, 1.54) is 0 Å². The van der Waals surface area contributed by atoms with Crippen LogP contribution in [0.4, 0.5) is 11.4 Å². The maximum absolute atomic E-state index is 11.1. The fraction of sp³-hybridized carbons (Fsp3) is 0.600. The Morgan fingerprint density at radius 3 is 2.00 bits per heavy atom. The molecule has 0 fully saturated rings. The van der Waals surface area contributed by atoms with Crippen molar-refractivity contribution in [2.24, 2.45) is 5.92 Å². The van der Waals surface area contributed by atoms with Crippen LogP contribution in [-0.2, 0) is 0 Å². The molecule has 0 unspecified atom stereocenters. The summed E-state index contributed by atoms with van der Waals surface area (Å²) in [5, 5.41) is 5.86. The zero-order valence-corrected chi connectivity index (χ0v) is 8.81. The molecule has 14 heavy (non-hydrogen) atoms. The van der Waals surface area contributed by atoms with E-state index in [0.29, 0.717) is 30.4 Å². The highest BCUT2D eigenvalue weighted by Crippen LogP contribution is 2.13. The summed E-state index contributed by atoms with van der Waals surface area (Å²) in [6.45, 7) is 7.35. The molecule has 1 aromatic rings. The molecular formula is C10H16N2O2. The van der Waals surface area contributed by atoms with Crippen LogP contribution in [0, 0.1) is 5.92 Å². The molecule has 1 rings (SSSR count). The second kappa shape index (κ2) is 4.26. The number of hydrogen-bond donors (Lipinski definition) is 2. The van der Waals surface area contributed by atoms with Crippen molar-refractivity contribution in [3.05, 3.63) is 20.4 Å². The topological polar surface area (TPSA) is 58.2 Å². The van der Waals surface area contributed by atoms with Gasteiger partial charge < -0.3 is 10.6 Å². The average Bonchev–Trinajstić information content (AvgIpc) is 2.15. The Kier molecular flexibility index (Phi) is 3.28. The van der Waals surface area contributed by atoms with Crippen molar-refractivity contribution in [3.63, 3.8) is 0 Å². The van der Waals surface area contributed by atoms with Crippen LogP contribution in [0.1, 0.15) is 20.8 Å². The first-order valence-corrected chi connectivity index (χ1v) is 4.89. The fourth-order valence-electron chi connectivity index (χ4n) is 1.21. The van der Waals surface area contributed by atoms with Gasteiger partial charge >= 0.3 is 0 Å². The van der Waals surface area contributed by atoms with Gasteiger partial charge in [0.2, 0.25) is 0 Å². The normalized spacial score (nSPS) is 10.9. The zero-order chi connectivity index (χ0) is 10.7. The lowest BCUT2D eigenvalue weighted by atomic mass is 10.1. The first-order valence-electron chi connectivity index (χ1n) is 4.89. The van der Waals surface area contributed by atoms with E-state index in [2.05, 4.69) is 10.6 Å². The first kappa shape index (κ1) is 10.8. The minimum absolute atomic E-state index is 0.401. The van der Waals surface area contributed by atoms with Gasteiger partial charge in [-0.05, 0) is 12.8 Å². The van der Waals surface area contributed by atoms with Crippen molar-refractivity contribution >= 4 is 11.4 Å². The van der Waals surface area contributed by atoms with Crippen molar-refractivity contribution in [1.82, 2.24) is 0 Å². The van der Waals surface area contributed by atoms with Crippen molar-refractivity contribution < 1.29 is 0 Å². The molecule has 0 aliphatic carbocycles. The largest absolute Gasteiger partial charge is 0.380 e. The third-order valence-electron chi connectivity index (χ3n) is 1.95. The Hall–Kier alpha value is -1.32. The Labute approximate surface area is 83.0 Å². The van der Waals surface area contributed by atoms with Crippen LogP contribution in [0.5, 0.6) is 0 Å². The van der Waals surface area contributed by atoms with Crippen LogP contribution in [0.2, 0.25) is 0 Å². The summed E-state index contributed by atoms with van der Waals surface area (Å²) in [5.41, 5.74) is 0.0865. The molecule has 0 saturated carbocycles. The molecule has 0 radical (unpaired) electrons. The van der Waals surface area contributed by atoms with E-state index >= 15 is 0 Å². The van der Waals surface area contributed by atoms with Gasteiger partial charge in [0.25, 0.3) is 10.9 Å². The number of nitrogens with one attached hydrogen (secondary N) is 2. The molecule has 1 aromatic carbocycles. The maximum atomic E-state index is 11.1. The summed E-state index contributed by atoms with van der Waals surface area (Å²) in [6.07, 6.45) is 0. The summed E-state index contributed by atoms with van der Waals surface area (Å²) < 4.78 is 0. The third-order valence-corrected chi connectivity index (χ3v) is 1.95. The minimum atomic E-state index is -0.405. The van der Waals surface area contributed by atoms with Gasteiger partial charge in [-0.2, -0.15) is 0 Å². The van der Waals surface area contributed by atoms with Crippen LogP contribution < -0.4 is 21.5 Å². The van der Waals surface area contributed by atoms with Gasteiger partial charge in [-0.25, -0.2) is 0 Å². The Bertz CT molecular complexity index is 375. The molecule has 0 bridgehead atoms. The average molecular weight is 196 g/mol. The van der Waals surface area contributed by atoms with Crippen LogP contribution in [-0.4, -0.2) is 13.1 Å². The van der Waals surface area contributed by atoms with E-state index in [0.717, 1.165) is 0 Å². The van der Waals surface area contributed by atoms with Gasteiger partial charge in [-0.1, -0.05) is 13.8 Å². The third kappa shape index (κ3) is 1.95. The summed E-state index contributed by atoms with van der Waals surface area (Å²) >= 11 is 0. The van der Waals surface area contributed by atoms with Gasteiger partial charge in [-0.3, -0.25) is 9.59 Å². The lowest BCUT2D eigenvalue weighted by Gasteiger charge is -2.14. The molecule has 0 atom stereocenters. The maximum Gasteiger partial charge on any atom is 0.253 e. The molecule has 0 saturated heterocycles. The van der Waals surface area contributed by atoms with Gasteiger partial charge in [0.15, 0.2) is 0 Å². The van der Waals surface area contributed by atoms with E-state index in [9.17, 15) is 9.59 Å². The number of anilines is 2. The molecule has 0 amide bonds. The summed E-state index contributed by atoms with van der Waals surface area (Å²) in [4.78, 5) is 22.2. The second-order valence-corrected chi connectivity index (χ2v) is 3.71. The molecule has 0 heterocycles. The predicted molar refractivity (Wildman–Crippen MR) is 58.8 cm³/mol. The molecule has 4 nitrogen and oxygen atoms in total. The SMILES string of the molecule is CCNc1c(NCC(C)C)c(=O)c1=O. The van der Waals surface area contributed by atoms with E-state index in [4.69, 9.17) is 0 Å². The highest BCUT2D eigenvalue weighted by Gasteiger charge is 2.19. The van der Waals surface area contributed by atoms with Crippen molar-refractivity contribution in [1.29, 1.82) is 0 Å². The summed E-state index contributed by atoms with van der Waals surface area (Å²) in [5.74, 6) is 0.453. The number of rotatable bonds is 5. The van der Waals surface area contributed by atoms with Gasteiger partial charge in [0, 0.05) is 13.1 Å². The van der Waals surface area contributed by atoms with Gasteiger partial charge in [0.05, 0.1) is 0 Å². The van der Waals surface area contributed by atoms with E-state index in [-0.39, 0.29) is 0 Å². The summed E-state index contributed by atoms with van der Waals surface area (Å²) in [7, 11) is 0. The smallest absolute Gasteiger partial charge is 0.253 e. The van der Waals surface area contributed by atoms with E-state index in [1.807, 2.05) is 20.8 Å². The highest BCUT2D eigenvalue weighted by molar-refractivity contribution is 5.73. The molecule has 2 N–H and O–H groups in total.